The first kappa shape index (κ1) is 7.88. The van der Waals surface area contributed by atoms with Crippen LogP contribution in [-0.2, 0) is 4.79 Å². The summed E-state index contributed by atoms with van der Waals surface area (Å²) in [6.45, 7) is 0. The van der Waals surface area contributed by atoms with Gasteiger partial charge in [0.25, 0.3) is 0 Å². The molecular weight excluding hydrogens is 148 g/mol. The highest BCUT2D eigenvalue weighted by Crippen LogP contribution is 2.27. The minimum absolute atomic E-state index is 0.110. The van der Waals surface area contributed by atoms with Crippen molar-refractivity contribution in [3.63, 3.8) is 0 Å². The summed E-state index contributed by atoms with van der Waals surface area (Å²) < 4.78 is 0. The van der Waals surface area contributed by atoms with Gasteiger partial charge in [0.2, 0.25) is 5.91 Å². The van der Waals surface area contributed by atoms with Crippen LogP contribution in [0.4, 0.5) is 0 Å². The molecule has 3 N–H and O–H groups in total. The molecule has 4 heteroatoms. The first-order valence-corrected chi connectivity index (χ1v) is 4.45. The minimum atomic E-state index is -0.229. The third-order valence-corrected chi connectivity index (χ3v) is 3.08. The molecule has 0 bridgehead atoms. The lowest BCUT2D eigenvalue weighted by molar-refractivity contribution is -0.120. The number of primary amides is 1. The first-order valence-electron chi connectivity index (χ1n) is 3.30. The summed E-state index contributed by atoms with van der Waals surface area (Å²) in [4.78, 5) is 10.7. The van der Waals surface area contributed by atoms with Gasteiger partial charge in [0, 0.05) is 5.92 Å². The highest BCUT2D eigenvalue weighted by molar-refractivity contribution is 8.00. The Kier molecular flexibility index (Phi) is 2.56. The van der Waals surface area contributed by atoms with E-state index >= 15 is 0 Å². The molecule has 1 atom stereocenters. The molecule has 10 heavy (non-hydrogen) atoms. The van der Waals surface area contributed by atoms with E-state index in [1.807, 2.05) is 11.8 Å². The predicted molar refractivity (Wildman–Crippen MR) is 42.9 cm³/mol. The van der Waals surface area contributed by atoms with Crippen LogP contribution in [0.1, 0.15) is 0 Å². The van der Waals surface area contributed by atoms with Crippen LogP contribution in [-0.4, -0.2) is 30.5 Å². The van der Waals surface area contributed by atoms with Crippen molar-refractivity contribution in [2.75, 3.05) is 18.6 Å². The fourth-order valence-electron chi connectivity index (χ4n) is 1.06. The second-order valence-electron chi connectivity index (χ2n) is 2.47. The van der Waals surface area contributed by atoms with Crippen LogP contribution in [0.15, 0.2) is 0 Å². The molecule has 1 unspecified atom stereocenters. The molecule has 1 aliphatic heterocycles. The maximum atomic E-state index is 10.7. The predicted octanol–water partition coefficient (Wildman–Crippen LogP) is -0.577. The van der Waals surface area contributed by atoms with Crippen LogP contribution >= 0.6 is 11.8 Å². The molecule has 0 aromatic heterocycles. The third-order valence-electron chi connectivity index (χ3n) is 1.75. The van der Waals surface area contributed by atoms with Crippen molar-refractivity contribution in [3.05, 3.63) is 0 Å². The van der Waals surface area contributed by atoms with E-state index < -0.39 is 0 Å². The van der Waals surface area contributed by atoms with E-state index in [1.54, 1.807) is 7.05 Å². The first-order chi connectivity index (χ1) is 4.75. The number of likely N-dealkylation sites (N-methyl/N-ethyl adjacent to an activating group) is 1. The van der Waals surface area contributed by atoms with Gasteiger partial charge in [-0.05, 0) is 18.6 Å². The van der Waals surface area contributed by atoms with Gasteiger partial charge in [0.15, 0.2) is 0 Å². The van der Waals surface area contributed by atoms with Crippen molar-refractivity contribution < 1.29 is 4.79 Å². The molecular formula is C6H12N2OS. The van der Waals surface area contributed by atoms with Crippen LogP contribution in [0.2, 0.25) is 0 Å². The van der Waals surface area contributed by atoms with Gasteiger partial charge in [0.05, 0.1) is 6.04 Å². The number of nitrogens with one attached hydrogen (secondary N) is 1. The second-order valence-corrected chi connectivity index (χ2v) is 3.54. The van der Waals surface area contributed by atoms with E-state index in [-0.39, 0.29) is 11.9 Å². The standard InChI is InChI=1S/C6H12N2OS/c1-8-5(6(7)9)4-2-10-3-4/h4-5,8H,2-3H2,1H3,(H2,7,9). The molecule has 0 aromatic rings. The molecule has 1 fully saturated rings. The fourth-order valence-corrected chi connectivity index (χ4v) is 1.95. The summed E-state index contributed by atoms with van der Waals surface area (Å²) >= 11 is 1.86. The average Bonchev–Trinajstić information content (AvgIpc) is 1.76. The average molecular weight is 160 g/mol. The van der Waals surface area contributed by atoms with Gasteiger partial charge in [-0.25, -0.2) is 0 Å². The largest absolute Gasteiger partial charge is 0.368 e. The molecule has 1 amide bonds. The van der Waals surface area contributed by atoms with Crippen LogP contribution in [0.3, 0.4) is 0 Å². The van der Waals surface area contributed by atoms with Gasteiger partial charge in [-0.15, -0.1) is 0 Å². The van der Waals surface area contributed by atoms with Crippen molar-refractivity contribution in [3.8, 4) is 0 Å². The number of nitrogens with two attached hydrogens (primary N) is 1. The van der Waals surface area contributed by atoms with Gasteiger partial charge in [-0.1, -0.05) is 0 Å². The lowest BCUT2D eigenvalue weighted by Crippen LogP contribution is -2.49. The van der Waals surface area contributed by atoms with Crippen molar-refractivity contribution in [1.29, 1.82) is 0 Å². The van der Waals surface area contributed by atoms with Crippen LogP contribution in [0.5, 0.6) is 0 Å². The van der Waals surface area contributed by atoms with Crippen molar-refractivity contribution in [1.82, 2.24) is 5.32 Å². The highest BCUT2D eigenvalue weighted by atomic mass is 32.2. The Labute approximate surface area is 64.7 Å². The van der Waals surface area contributed by atoms with Crippen molar-refractivity contribution >= 4 is 17.7 Å². The third kappa shape index (κ3) is 1.44. The Morgan fingerprint density at radius 2 is 2.40 bits per heavy atom. The lowest BCUT2D eigenvalue weighted by atomic mass is 10.0. The Morgan fingerprint density at radius 3 is 2.50 bits per heavy atom. The van der Waals surface area contributed by atoms with E-state index in [9.17, 15) is 4.79 Å². The maximum absolute atomic E-state index is 10.7. The molecule has 0 radical (unpaired) electrons. The van der Waals surface area contributed by atoms with Crippen LogP contribution < -0.4 is 11.1 Å². The van der Waals surface area contributed by atoms with Crippen LogP contribution in [0.25, 0.3) is 0 Å². The van der Waals surface area contributed by atoms with Crippen LogP contribution in [0, 0.1) is 5.92 Å². The normalized spacial score (nSPS) is 21.7. The Hall–Kier alpha value is -0.220. The highest BCUT2D eigenvalue weighted by Gasteiger charge is 2.30. The summed E-state index contributed by atoms with van der Waals surface area (Å²) in [5.41, 5.74) is 5.15. The van der Waals surface area contributed by atoms with Gasteiger partial charge < -0.3 is 11.1 Å². The molecule has 0 aliphatic carbocycles. The molecule has 3 nitrogen and oxygen atoms in total. The van der Waals surface area contributed by atoms with E-state index in [4.69, 9.17) is 5.73 Å². The zero-order valence-corrected chi connectivity index (χ0v) is 6.78. The maximum Gasteiger partial charge on any atom is 0.234 e. The van der Waals surface area contributed by atoms with E-state index in [2.05, 4.69) is 5.32 Å². The quantitative estimate of drug-likeness (QED) is 0.581. The van der Waals surface area contributed by atoms with E-state index in [0.29, 0.717) is 5.92 Å². The smallest absolute Gasteiger partial charge is 0.234 e. The molecule has 1 aliphatic rings. The molecule has 1 saturated heterocycles. The molecule has 0 aromatic carbocycles. The monoisotopic (exact) mass is 160 g/mol. The van der Waals surface area contributed by atoms with Gasteiger partial charge in [-0.3, -0.25) is 4.79 Å². The molecule has 1 rings (SSSR count). The van der Waals surface area contributed by atoms with Crippen molar-refractivity contribution in [2.45, 2.75) is 6.04 Å². The Balaban J connectivity index is 2.39. The number of carbonyl (C=O) groups excluding carboxylic acids is 1. The Bertz CT molecular complexity index is 136. The van der Waals surface area contributed by atoms with Gasteiger partial charge >= 0.3 is 0 Å². The van der Waals surface area contributed by atoms with Gasteiger partial charge in [0.1, 0.15) is 0 Å². The summed E-state index contributed by atoms with van der Waals surface area (Å²) in [6.07, 6.45) is 0. The number of thioether (sulfide) groups is 1. The fraction of sp³-hybridized carbons (Fsp3) is 0.833. The number of rotatable bonds is 3. The summed E-state index contributed by atoms with van der Waals surface area (Å²) in [6, 6.07) is -0.110. The number of hydrogen-bond donors (Lipinski definition) is 2. The summed E-state index contributed by atoms with van der Waals surface area (Å²) in [5.74, 6) is 2.36. The lowest BCUT2D eigenvalue weighted by Gasteiger charge is -2.30. The number of amides is 1. The zero-order valence-electron chi connectivity index (χ0n) is 5.96. The number of hydrogen-bond acceptors (Lipinski definition) is 3. The Morgan fingerprint density at radius 1 is 1.80 bits per heavy atom. The second kappa shape index (κ2) is 3.25. The molecule has 58 valence electrons. The summed E-state index contributed by atoms with van der Waals surface area (Å²) in [7, 11) is 1.78. The summed E-state index contributed by atoms with van der Waals surface area (Å²) in [5, 5.41) is 2.92. The molecule has 1 heterocycles. The number of carbonyl (C=O) groups is 1. The van der Waals surface area contributed by atoms with E-state index in [0.717, 1.165) is 11.5 Å². The van der Waals surface area contributed by atoms with E-state index in [1.165, 1.54) is 0 Å². The van der Waals surface area contributed by atoms with Gasteiger partial charge in [-0.2, -0.15) is 11.8 Å². The zero-order chi connectivity index (χ0) is 7.56. The minimum Gasteiger partial charge on any atom is -0.368 e. The molecule has 0 spiro atoms. The molecule has 0 saturated carbocycles. The SMILES string of the molecule is CNC(C(N)=O)C1CSC1. The topological polar surface area (TPSA) is 55.1 Å². The van der Waals surface area contributed by atoms with Crippen molar-refractivity contribution in [2.24, 2.45) is 11.7 Å².